The zero-order chi connectivity index (χ0) is 44.0. The fraction of sp³-hybridized carbons (Fsp3) is 0.362. The molecule has 0 spiro atoms. The Morgan fingerprint density at radius 2 is 1.72 bits per heavy atom. The third kappa shape index (κ3) is 8.12. The number of aliphatic hydroxyl groups is 1. The highest BCUT2D eigenvalue weighted by Crippen LogP contribution is 2.35. The van der Waals surface area contributed by atoms with E-state index in [1.807, 2.05) is 39.0 Å². The summed E-state index contributed by atoms with van der Waals surface area (Å²) in [7, 11) is 0. The van der Waals surface area contributed by atoms with Crippen LogP contribution >= 0.6 is 0 Å². The van der Waals surface area contributed by atoms with E-state index in [9.17, 15) is 24.8 Å². The van der Waals surface area contributed by atoms with Crippen molar-refractivity contribution >= 4 is 40.4 Å². The maximum absolute atomic E-state index is 15.3. The molecule has 0 aliphatic carbocycles. The summed E-state index contributed by atoms with van der Waals surface area (Å²) < 4.78 is 18.9. The highest BCUT2D eigenvalue weighted by molar-refractivity contribution is 6.01. The molecule has 64 heavy (non-hydrogen) atoms. The van der Waals surface area contributed by atoms with Crippen LogP contribution in [0.3, 0.4) is 0 Å². The highest BCUT2D eigenvalue weighted by atomic mass is 19.1. The van der Waals surface area contributed by atoms with Crippen molar-refractivity contribution in [1.29, 1.82) is 5.26 Å². The van der Waals surface area contributed by atoms with Gasteiger partial charge >= 0.3 is 0 Å². The number of nitrogens with zero attached hydrogens (tertiary/aromatic N) is 10. The average Bonchev–Trinajstić information content (AvgIpc) is 3.98. The molecule has 3 fully saturated rings. The number of fused-ring (bicyclic) bond motifs is 2. The van der Waals surface area contributed by atoms with Crippen LogP contribution in [0.4, 0.5) is 21.6 Å². The number of carbonyl (C=O) groups is 3. The highest BCUT2D eigenvalue weighted by Gasteiger charge is 2.37. The zero-order valence-electron chi connectivity index (χ0n) is 35.2. The molecule has 2 aromatic carbocycles. The minimum Gasteiger partial charge on any atom is -0.389 e. The lowest BCUT2D eigenvalue weighted by molar-refractivity contribution is -0.139. The van der Waals surface area contributed by atoms with Gasteiger partial charge < -0.3 is 25.1 Å². The van der Waals surface area contributed by atoms with E-state index >= 15 is 4.39 Å². The minimum atomic E-state index is -1.20. The summed E-state index contributed by atoms with van der Waals surface area (Å²) in [5.74, 6) is -0.422. The predicted octanol–water partition coefficient (Wildman–Crippen LogP) is 5.03. The summed E-state index contributed by atoms with van der Waals surface area (Å²) in [5.41, 5.74) is 6.15. The van der Waals surface area contributed by atoms with Gasteiger partial charge in [0.05, 0.1) is 53.7 Å². The second kappa shape index (κ2) is 16.8. The summed E-state index contributed by atoms with van der Waals surface area (Å²) in [6, 6.07) is 18.9. The van der Waals surface area contributed by atoms with Crippen molar-refractivity contribution in [2.24, 2.45) is 0 Å². The van der Waals surface area contributed by atoms with Crippen LogP contribution in [0.1, 0.15) is 67.7 Å². The first-order valence-corrected chi connectivity index (χ1v) is 21.9. The number of benzene rings is 2. The SMILES string of the molecule is N#Cc1cnn2cc(-c3cnn(C4CCN(C(=O)CC5(O)CCN(c6ccc(NC7CCC(=O)NC7=O)cc6F)CC5)CC4)c3)nc(-c3ccc(N4CCc5ccccc5C4)nc3)c12. The number of hydrogen-bond donors (Lipinski definition) is 3. The van der Waals surface area contributed by atoms with E-state index in [-0.39, 0.29) is 30.7 Å². The largest absolute Gasteiger partial charge is 0.389 e. The topological polar surface area (TPSA) is 190 Å². The van der Waals surface area contributed by atoms with Gasteiger partial charge in [0.2, 0.25) is 17.7 Å². The predicted molar refractivity (Wildman–Crippen MR) is 235 cm³/mol. The number of carbonyl (C=O) groups excluding carboxylic acids is 3. The number of aromatic nitrogens is 6. The molecule has 3 amide bonds. The Morgan fingerprint density at radius 1 is 0.906 bits per heavy atom. The molecule has 4 aliphatic rings. The standard InChI is InChI=1S/C47H47FN12O4/c48-37-21-35(53-38-7-10-42(61)55-46(38)63)6-8-40(37)56-19-14-47(64,15-20-56)22-43(62)57-17-12-36(13-18-57)59-28-34(26-51-59)39-29-60-45(33(23-49)25-52-60)44(54-39)31-5-9-41(50-24-31)58-16-11-30-3-1-2-4-32(30)27-58/h1-6,8-9,21,24-26,28-29,36,38,53,64H,7,10-20,22,27H2,(H,55,61,63). The van der Waals surface area contributed by atoms with Crippen molar-refractivity contribution in [3.05, 3.63) is 108 Å². The van der Waals surface area contributed by atoms with E-state index in [1.165, 1.54) is 17.2 Å². The lowest BCUT2D eigenvalue weighted by Crippen LogP contribution is -2.49. The summed E-state index contributed by atoms with van der Waals surface area (Å²) in [5, 5.41) is 36.0. The average molecular weight is 863 g/mol. The second-order valence-corrected chi connectivity index (χ2v) is 17.3. The van der Waals surface area contributed by atoms with Crippen molar-refractivity contribution in [2.45, 2.75) is 75.6 Å². The van der Waals surface area contributed by atoms with Crippen LogP contribution in [0.2, 0.25) is 0 Å². The van der Waals surface area contributed by atoms with Gasteiger partial charge in [-0.3, -0.25) is 24.4 Å². The number of rotatable bonds is 9. The van der Waals surface area contributed by atoms with E-state index in [4.69, 9.17) is 15.1 Å². The van der Waals surface area contributed by atoms with Crippen LogP contribution in [0.25, 0.3) is 28.0 Å². The fourth-order valence-electron chi connectivity index (χ4n) is 9.51. The van der Waals surface area contributed by atoms with Crippen LogP contribution in [0, 0.1) is 17.1 Å². The van der Waals surface area contributed by atoms with Gasteiger partial charge in [-0.25, -0.2) is 18.9 Å². The van der Waals surface area contributed by atoms with E-state index in [0.717, 1.165) is 36.5 Å². The molecule has 4 aromatic heterocycles. The Labute approximate surface area is 368 Å². The molecular formula is C47H47FN12O4. The van der Waals surface area contributed by atoms with E-state index in [2.05, 4.69) is 51.0 Å². The minimum absolute atomic E-state index is 0.00280. The molecule has 6 aromatic rings. The molecule has 17 heteroatoms. The van der Waals surface area contributed by atoms with Gasteiger partial charge in [-0.05, 0) is 80.0 Å². The van der Waals surface area contributed by atoms with Gasteiger partial charge in [0, 0.05) is 74.9 Å². The van der Waals surface area contributed by atoms with E-state index in [0.29, 0.717) is 92.1 Å². The van der Waals surface area contributed by atoms with Crippen LogP contribution in [0.5, 0.6) is 0 Å². The first-order valence-electron chi connectivity index (χ1n) is 21.9. The first-order chi connectivity index (χ1) is 31.1. The Bertz CT molecular complexity index is 2800. The molecule has 1 atom stereocenters. The molecule has 1 unspecified atom stereocenters. The number of amides is 3. The summed E-state index contributed by atoms with van der Waals surface area (Å²) in [4.78, 5) is 53.0. The Kier molecular flexibility index (Phi) is 10.7. The third-order valence-corrected chi connectivity index (χ3v) is 13.2. The van der Waals surface area contributed by atoms with Crippen LogP contribution < -0.4 is 20.4 Å². The lowest BCUT2D eigenvalue weighted by atomic mass is 9.87. The van der Waals surface area contributed by atoms with E-state index in [1.54, 1.807) is 35.2 Å². The molecule has 3 N–H and O–H groups in total. The molecule has 4 aliphatic heterocycles. The number of imide groups is 1. The molecule has 10 rings (SSSR count). The number of hydrogen-bond acceptors (Lipinski definition) is 12. The van der Waals surface area contributed by atoms with Gasteiger partial charge in [-0.15, -0.1) is 0 Å². The summed E-state index contributed by atoms with van der Waals surface area (Å²) in [6.07, 6.45) is 12.4. The molecular weight excluding hydrogens is 816 g/mol. The molecule has 0 saturated carbocycles. The number of likely N-dealkylation sites (tertiary alicyclic amines) is 1. The molecule has 16 nitrogen and oxygen atoms in total. The lowest BCUT2D eigenvalue weighted by Gasteiger charge is -2.40. The molecule has 0 bridgehead atoms. The van der Waals surface area contributed by atoms with Crippen molar-refractivity contribution in [3.63, 3.8) is 0 Å². The van der Waals surface area contributed by atoms with E-state index < -0.39 is 23.4 Å². The summed E-state index contributed by atoms with van der Waals surface area (Å²) >= 11 is 0. The summed E-state index contributed by atoms with van der Waals surface area (Å²) in [6.45, 7) is 3.48. The Hall–Kier alpha value is -7.19. The number of piperidine rings is 3. The second-order valence-electron chi connectivity index (χ2n) is 17.3. The zero-order valence-corrected chi connectivity index (χ0v) is 35.2. The van der Waals surface area contributed by atoms with Gasteiger partial charge in [0.15, 0.2) is 0 Å². The van der Waals surface area contributed by atoms with Crippen molar-refractivity contribution in [3.8, 4) is 28.6 Å². The van der Waals surface area contributed by atoms with Crippen molar-refractivity contribution in [1.82, 2.24) is 39.6 Å². The fourth-order valence-corrected chi connectivity index (χ4v) is 9.51. The van der Waals surface area contributed by atoms with Gasteiger partial charge in [0.1, 0.15) is 34.8 Å². The molecule has 0 radical (unpaired) electrons. The van der Waals surface area contributed by atoms with Crippen LogP contribution in [0.15, 0.2) is 85.6 Å². The number of nitrogens with one attached hydrogen (secondary N) is 2. The van der Waals surface area contributed by atoms with Gasteiger partial charge in [0.25, 0.3) is 0 Å². The Morgan fingerprint density at radius 3 is 2.47 bits per heavy atom. The quantitative estimate of drug-likeness (QED) is 0.165. The monoisotopic (exact) mass is 862 g/mol. The third-order valence-electron chi connectivity index (χ3n) is 13.2. The normalized spacial score (nSPS) is 19.0. The molecule has 8 heterocycles. The number of pyridine rings is 1. The van der Waals surface area contributed by atoms with Crippen molar-refractivity contribution < 1.29 is 23.9 Å². The van der Waals surface area contributed by atoms with Crippen molar-refractivity contribution in [2.75, 3.05) is 47.8 Å². The van der Waals surface area contributed by atoms with Gasteiger partial charge in [-0.1, -0.05) is 24.3 Å². The molecule has 326 valence electrons. The Balaban J connectivity index is 0.752. The van der Waals surface area contributed by atoms with Crippen LogP contribution in [-0.4, -0.2) is 101 Å². The van der Waals surface area contributed by atoms with Gasteiger partial charge in [-0.2, -0.15) is 15.5 Å². The number of nitriles is 1. The molecule has 3 saturated heterocycles. The maximum Gasteiger partial charge on any atom is 0.249 e. The van der Waals surface area contributed by atoms with Crippen LogP contribution in [-0.2, 0) is 27.3 Å². The number of halogens is 1. The first kappa shape index (κ1) is 40.9. The smallest absolute Gasteiger partial charge is 0.249 e. The maximum atomic E-state index is 15.3. The number of anilines is 3.